The van der Waals surface area contributed by atoms with Crippen LogP contribution in [0.2, 0.25) is 0 Å². The molecule has 2 heterocycles. The molecule has 1 aliphatic heterocycles. The number of H-pyrrole nitrogens is 1. The minimum Gasteiger partial charge on any atom is -0.497 e. The number of methoxy groups -OCH3 is 1. The number of carbonyl (C=O) groups is 1. The summed E-state index contributed by atoms with van der Waals surface area (Å²) in [5, 5.41) is 3.37. The summed E-state index contributed by atoms with van der Waals surface area (Å²) >= 11 is 0. The van der Waals surface area contributed by atoms with E-state index in [-0.39, 0.29) is 17.8 Å². The van der Waals surface area contributed by atoms with E-state index in [1.807, 2.05) is 11.9 Å². The second kappa shape index (κ2) is 8.41. The molecule has 158 valence electrons. The van der Waals surface area contributed by atoms with Crippen molar-refractivity contribution in [3.05, 3.63) is 59.3 Å². The first kappa shape index (κ1) is 20.3. The van der Waals surface area contributed by atoms with Gasteiger partial charge in [-0.25, -0.2) is 8.78 Å². The van der Waals surface area contributed by atoms with Crippen molar-refractivity contribution < 1.29 is 18.3 Å². The van der Waals surface area contributed by atoms with Gasteiger partial charge in [0.15, 0.2) is 0 Å². The van der Waals surface area contributed by atoms with Crippen molar-refractivity contribution >= 4 is 22.5 Å². The van der Waals surface area contributed by atoms with Gasteiger partial charge in [-0.3, -0.25) is 9.69 Å². The van der Waals surface area contributed by atoms with Crippen LogP contribution < -0.4 is 10.1 Å². The lowest BCUT2D eigenvalue weighted by atomic mass is 10.1. The van der Waals surface area contributed by atoms with E-state index in [9.17, 15) is 13.6 Å². The van der Waals surface area contributed by atoms with Crippen molar-refractivity contribution in [3.8, 4) is 5.75 Å². The maximum Gasteiger partial charge on any atom is 0.272 e. The second-order valence-corrected chi connectivity index (χ2v) is 7.59. The van der Waals surface area contributed by atoms with Gasteiger partial charge >= 0.3 is 0 Å². The molecular formula is C22H24F2N4O2. The summed E-state index contributed by atoms with van der Waals surface area (Å²) in [5.74, 6) is -1.12. The molecule has 2 aromatic carbocycles. The molecule has 3 aromatic rings. The summed E-state index contributed by atoms with van der Waals surface area (Å²) < 4.78 is 34.4. The maximum atomic E-state index is 14.6. The van der Waals surface area contributed by atoms with Crippen molar-refractivity contribution in [2.45, 2.75) is 6.54 Å². The van der Waals surface area contributed by atoms with Gasteiger partial charge in [0, 0.05) is 54.9 Å². The topological polar surface area (TPSA) is 60.6 Å². The fourth-order valence-corrected chi connectivity index (χ4v) is 3.61. The zero-order chi connectivity index (χ0) is 21.3. The SMILES string of the molecule is COc1ccc2[nH]c(C(=O)Nc3cc(F)c(CN4CCN(C)CC4)c(F)c3)cc2c1. The number of benzene rings is 2. The molecule has 0 bridgehead atoms. The number of rotatable bonds is 5. The molecule has 1 saturated heterocycles. The first-order valence-corrected chi connectivity index (χ1v) is 9.80. The van der Waals surface area contributed by atoms with E-state index in [1.165, 1.54) is 0 Å². The number of aromatic nitrogens is 1. The first-order valence-electron chi connectivity index (χ1n) is 9.80. The maximum absolute atomic E-state index is 14.6. The average Bonchev–Trinajstić information content (AvgIpc) is 3.15. The monoisotopic (exact) mass is 414 g/mol. The van der Waals surface area contributed by atoms with Crippen LogP contribution in [0.15, 0.2) is 36.4 Å². The van der Waals surface area contributed by atoms with E-state index in [0.29, 0.717) is 11.4 Å². The number of halogens is 2. The fraction of sp³-hybridized carbons (Fsp3) is 0.318. The predicted octanol–water partition coefficient (Wildman–Crippen LogP) is 3.45. The lowest BCUT2D eigenvalue weighted by molar-refractivity contribution is 0.102. The number of anilines is 1. The molecule has 30 heavy (non-hydrogen) atoms. The molecule has 0 radical (unpaired) electrons. The van der Waals surface area contributed by atoms with Gasteiger partial charge in [-0.05, 0) is 43.4 Å². The Kier molecular flexibility index (Phi) is 5.69. The number of fused-ring (bicyclic) bond motifs is 1. The standard InChI is InChI=1S/C22H24F2N4O2/c1-27-5-7-28(8-6-27)13-17-18(23)11-15(12-19(17)24)25-22(29)21-10-14-9-16(30-2)3-4-20(14)26-21/h3-4,9-12,26H,5-8,13H2,1-2H3,(H,25,29). The highest BCUT2D eigenvalue weighted by molar-refractivity contribution is 6.06. The van der Waals surface area contributed by atoms with E-state index in [4.69, 9.17) is 4.74 Å². The minimum atomic E-state index is -0.661. The van der Waals surface area contributed by atoms with Crippen LogP contribution in [0.25, 0.3) is 10.9 Å². The molecule has 0 aliphatic carbocycles. The van der Waals surface area contributed by atoms with Gasteiger partial charge in [-0.15, -0.1) is 0 Å². The summed E-state index contributed by atoms with van der Waals surface area (Å²) in [6, 6.07) is 9.38. The van der Waals surface area contributed by atoms with Crippen molar-refractivity contribution in [1.29, 1.82) is 0 Å². The molecule has 1 aromatic heterocycles. The molecule has 1 fully saturated rings. The number of hydrogen-bond acceptors (Lipinski definition) is 4. The largest absolute Gasteiger partial charge is 0.497 e. The van der Waals surface area contributed by atoms with Crippen LogP contribution in [0.1, 0.15) is 16.1 Å². The molecule has 6 nitrogen and oxygen atoms in total. The van der Waals surface area contributed by atoms with Crippen molar-refractivity contribution in [3.63, 3.8) is 0 Å². The quantitative estimate of drug-likeness (QED) is 0.671. The van der Waals surface area contributed by atoms with Gasteiger partial charge in [0.1, 0.15) is 23.1 Å². The number of likely N-dealkylation sites (N-methyl/N-ethyl adjacent to an activating group) is 1. The van der Waals surface area contributed by atoms with Gasteiger partial charge in [-0.1, -0.05) is 0 Å². The molecule has 0 unspecified atom stereocenters. The van der Waals surface area contributed by atoms with Crippen molar-refractivity contribution in [2.24, 2.45) is 0 Å². The number of carbonyl (C=O) groups excluding carboxylic acids is 1. The smallest absolute Gasteiger partial charge is 0.272 e. The van der Waals surface area contributed by atoms with E-state index < -0.39 is 17.5 Å². The van der Waals surface area contributed by atoms with Crippen LogP contribution in [0, 0.1) is 11.6 Å². The minimum absolute atomic E-state index is 0.0234. The lowest BCUT2D eigenvalue weighted by Gasteiger charge is -2.32. The Hall–Kier alpha value is -2.97. The Labute approximate surface area is 173 Å². The highest BCUT2D eigenvalue weighted by atomic mass is 19.1. The van der Waals surface area contributed by atoms with Gasteiger partial charge in [-0.2, -0.15) is 0 Å². The second-order valence-electron chi connectivity index (χ2n) is 7.59. The normalized spacial score (nSPS) is 15.5. The Bertz CT molecular complexity index is 1050. The number of hydrogen-bond donors (Lipinski definition) is 2. The number of nitrogens with one attached hydrogen (secondary N) is 2. The molecule has 0 saturated carbocycles. The van der Waals surface area contributed by atoms with Crippen LogP contribution in [0.5, 0.6) is 5.75 Å². The Morgan fingerprint density at radius 3 is 2.47 bits per heavy atom. The fourth-order valence-electron chi connectivity index (χ4n) is 3.61. The summed E-state index contributed by atoms with van der Waals surface area (Å²) in [7, 11) is 3.59. The molecular weight excluding hydrogens is 390 g/mol. The van der Waals surface area contributed by atoms with Gasteiger partial charge in [0.25, 0.3) is 5.91 Å². The molecule has 1 aliphatic rings. The third-order valence-electron chi connectivity index (χ3n) is 5.45. The molecule has 1 amide bonds. The summed E-state index contributed by atoms with van der Waals surface area (Å²) in [5.41, 5.74) is 1.16. The molecule has 8 heteroatoms. The highest BCUT2D eigenvalue weighted by Gasteiger charge is 2.19. The molecule has 0 spiro atoms. The van der Waals surface area contributed by atoms with Crippen LogP contribution >= 0.6 is 0 Å². The summed E-state index contributed by atoms with van der Waals surface area (Å²) in [6.45, 7) is 3.48. The average molecular weight is 414 g/mol. The highest BCUT2D eigenvalue weighted by Crippen LogP contribution is 2.24. The van der Waals surface area contributed by atoms with E-state index in [1.54, 1.807) is 31.4 Å². The van der Waals surface area contributed by atoms with E-state index in [2.05, 4.69) is 15.2 Å². The van der Waals surface area contributed by atoms with Crippen LogP contribution in [-0.4, -0.2) is 61.0 Å². The Morgan fingerprint density at radius 1 is 1.10 bits per heavy atom. The molecule has 0 atom stereocenters. The number of nitrogens with zero attached hydrogens (tertiary/aromatic N) is 2. The van der Waals surface area contributed by atoms with Gasteiger partial charge < -0.3 is 19.9 Å². The Morgan fingerprint density at radius 2 is 1.80 bits per heavy atom. The number of amides is 1. The first-order chi connectivity index (χ1) is 14.4. The Balaban J connectivity index is 1.48. The zero-order valence-corrected chi connectivity index (χ0v) is 17.0. The van der Waals surface area contributed by atoms with Crippen molar-refractivity contribution in [1.82, 2.24) is 14.8 Å². The van der Waals surface area contributed by atoms with Crippen LogP contribution in [-0.2, 0) is 6.54 Å². The number of aromatic amines is 1. The third-order valence-corrected chi connectivity index (χ3v) is 5.45. The van der Waals surface area contributed by atoms with Crippen LogP contribution in [0.3, 0.4) is 0 Å². The number of ether oxygens (including phenoxy) is 1. The van der Waals surface area contributed by atoms with Gasteiger partial charge in [0.05, 0.1) is 7.11 Å². The zero-order valence-electron chi connectivity index (χ0n) is 17.0. The molecule has 4 rings (SSSR count). The lowest BCUT2D eigenvalue weighted by Crippen LogP contribution is -2.44. The molecule has 2 N–H and O–H groups in total. The van der Waals surface area contributed by atoms with E-state index in [0.717, 1.165) is 49.2 Å². The summed E-state index contributed by atoms with van der Waals surface area (Å²) in [4.78, 5) is 19.8. The van der Waals surface area contributed by atoms with Crippen LogP contribution in [0.4, 0.5) is 14.5 Å². The predicted molar refractivity (Wildman–Crippen MR) is 112 cm³/mol. The summed E-state index contributed by atoms with van der Waals surface area (Å²) in [6.07, 6.45) is 0. The van der Waals surface area contributed by atoms with E-state index >= 15 is 0 Å². The third kappa shape index (κ3) is 4.29. The number of piperazine rings is 1. The van der Waals surface area contributed by atoms with Gasteiger partial charge in [0.2, 0.25) is 0 Å². The van der Waals surface area contributed by atoms with Crippen molar-refractivity contribution in [2.75, 3.05) is 45.7 Å².